The van der Waals surface area contributed by atoms with Crippen molar-refractivity contribution in [3.63, 3.8) is 0 Å². The highest BCUT2D eigenvalue weighted by atomic mass is 15.0. The van der Waals surface area contributed by atoms with Gasteiger partial charge in [0.2, 0.25) is 0 Å². The van der Waals surface area contributed by atoms with E-state index in [-0.39, 0.29) is 6.04 Å². The molecule has 2 aliphatic heterocycles. The quantitative estimate of drug-likeness (QED) is 0.363. The predicted molar refractivity (Wildman–Crippen MR) is 115 cm³/mol. The van der Waals surface area contributed by atoms with Crippen LogP contribution in [0, 0.1) is 23.7 Å². The summed E-state index contributed by atoms with van der Waals surface area (Å²) in [5, 5.41) is 6.90. The van der Waals surface area contributed by atoms with Gasteiger partial charge in [0.1, 0.15) is 23.1 Å². The number of amidine groups is 1. The van der Waals surface area contributed by atoms with Crippen molar-refractivity contribution in [3.05, 3.63) is 41.1 Å². The summed E-state index contributed by atoms with van der Waals surface area (Å²) < 4.78 is 0. The predicted octanol–water partition coefficient (Wildman–Crippen LogP) is 2.54. The largest absolute Gasteiger partial charge is 0.386 e. The highest BCUT2D eigenvalue weighted by molar-refractivity contribution is 5.87. The van der Waals surface area contributed by atoms with Crippen molar-refractivity contribution in [3.8, 4) is 11.8 Å². The van der Waals surface area contributed by atoms with Gasteiger partial charge in [0.25, 0.3) is 0 Å². The molecule has 2 aliphatic carbocycles. The number of allylic oxidation sites excluding steroid dienone is 3. The van der Waals surface area contributed by atoms with Crippen molar-refractivity contribution in [2.45, 2.75) is 57.0 Å². The maximum atomic E-state index is 6.37. The third-order valence-corrected chi connectivity index (χ3v) is 6.89. The van der Waals surface area contributed by atoms with Gasteiger partial charge in [-0.15, -0.1) is 0 Å². The molecule has 6 nitrogen and oxygen atoms in total. The van der Waals surface area contributed by atoms with E-state index in [9.17, 15) is 0 Å². The maximum absolute atomic E-state index is 6.37. The van der Waals surface area contributed by atoms with E-state index in [4.69, 9.17) is 10.7 Å². The van der Waals surface area contributed by atoms with Gasteiger partial charge in [0, 0.05) is 0 Å². The summed E-state index contributed by atoms with van der Waals surface area (Å²) in [7, 11) is 0. The van der Waals surface area contributed by atoms with Gasteiger partial charge >= 0.3 is 0 Å². The van der Waals surface area contributed by atoms with Crippen molar-refractivity contribution in [2.75, 3.05) is 13.1 Å². The smallest absolute Gasteiger partial charge is 0.124 e. The van der Waals surface area contributed by atoms with Crippen molar-refractivity contribution in [1.82, 2.24) is 20.6 Å². The van der Waals surface area contributed by atoms with Gasteiger partial charge in [0.05, 0.1) is 18.3 Å². The summed E-state index contributed by atoms with van der Waals surface area (Å²) in [5.41, 5.74) is 10.4. The van der Waals surface area contributed by atoms with E-state index >= 15 is 0 Å². The summed E-state index contributed by atoms with van der Waals surface area (Å²) >= 11 is 0. The number of aliphatic imine (C=N–C) groups is 1. The fraction of sp³-hybridized carbons (Fsp3) is 0.565. The molecule has 0 radical (unpaired) electrons. The van der Waals surface area contributed by atoms with Gasteiger partial charge in [-0.1, -0.05) is 6.58 Å². The lowest BCUT2D eigenvalue weighted by Gasteiger charge is -2.30. The lowest BCUT2D eigenvalue weighted by molar-refractivity contribution is 0.248. The lowest BCUT2D eigenvalue weighted by Crippen LogP contribution is -2.36. The second kappa shape index (κ2) is 7.81. The summed E-state index contributed by atoms with van der Waals surface area (Å²) in [4.78, 5) is 12.7. The van der Waals surface area contributed by atoms with Gasteiger partial charge in [0.15, 0.2) is 0 Å². The van der Waals surface area contributed by atoms with Gasteiger partial charge in [-0.25, -0.2) is 9.98 Å². The minimum absolute atomic E-state index is 0.159. The summed E-state index contributed by atoms with van der Waals surface area (Å²) in [6.07, 6.45) is 9.89. The number of nitrogens with zero attached hydrogens (tertiary/aromatic N) is 2. The molecule has 2 saturated carbocycles. The molecule has 2 unspecified atom stereocenters. The van der Waals surface area contributed by atoms with Gasteiger partial charge in [-0.05, 0) is 92.9 Å². The Morgan fingerprint density at radius 2 is 2.03 bits per heavy atom. The Hall–Kier alpha value is -2.36. The van der Waals surface area contributed by atoms with Crippen LogP contribution in [0.3, 0.4) is 0 Å². The molecule has 4 aliphatic rings. The summed E-state index contributed by atoms with van der Waals surface area (Å²) in [6, 6.07) is 0.474. The standard InChI is InChI=1S/C23H30N6/c1-14-12-15-6-8-17(15)21(14)18(29-22(24)19-4-2-10-25-19)9-7-16-13-27-23(28-16)20-5-3-11-26-20/h13,15,17,19-20,25-26H,1-6,8,10-12H2,(H2,24,29)(H,27,28)/b21-18+/t15?,17?,19-,20-/m0/s1. The van der Waals surface area contributed by atoms with Crippen LogP contribution in [0.15, 0.2) is 34.6 Å². The molecule has 6 heteroatoms. The van der Waals surface area contributed by atoms with E-state index in [0.717, 1.165) is 61.9 Å². The number of hydrogen-bond donors (Lipinski definition) is 4. The Labute approximate surface area is 172 Å². The van der Waals surface area contributed by atoms with Gasteiger partial charge in [-0.2, -0.15) is 0 Å². The highest BCUT2D eigenvalue weighted by Gasteiger charge is 2.42. The van der Waals surface area contributed by atoms with E-state index in [0.29, 0.717) is 17.8 Å². The molecule has 4 atom stereocenters. The molecule has 2 saturated heterocycles. The number of fused-ring (bicyclic) bond motifs is 1. The van der Waals surface area contributed by atoms with Crippen LogP contribution in [-0.4, -0.2) is 34.9 Å². The van der Waals surface area contributed by atoms with Gasteiger partial charge < -0.3 is 21.4 Å². The third kappa shape index (κ3) is 3.65. The van der Waals surface area contributed by atoms with Crippen LogP contribution in [-0.2, 0) is 0 Å². The Bertz CT molecular complexity index is 915. The van der Waals surface area contributed by atoms with Crippen molar-refractivity contribution in [2.24, 2.45) is 22.6 Å². The normalized spacial score (nSPS) is 33.2. The first-order chi connectivity index (χ1) is 14.2. The summed E-state index contributed by atoms with van der Waals surface area (Å²) in [6.45, 7) is 6.39. The van der Waals surface area contributed by atoms with Crippen LogP contribution in [0.1, 0.15) is 62.5 Å². The molecule has 3 heterocycles. The Kier molecular flexibility index (Phi) is 5.03. The van der Waals surface area contributed by atoms with Crippen LogP contribution in [0.5, 0.6) is 0 Å². The number of hydrogen-bond acceptors (Lipinski definition) is 4. The van der Waals surface area contributed by atoms with E-state index < -0.39 is 0 Å². The molecule has 1 aromatic heterocycles. The Morgan fingerprint density at radius 3 is 2.72 bits per heavy atom. The number of nitrogens with one attached hydrogen (secondary N) is 3. The zero-order valence-electron chi connectivity index (χ0n) is 16.9. The topological polar surface area (TPSA) is 91.1 Å². The van der Waals surface area contributed by atoms with E-state index in [1.807, 2.05) is 6.20 Å². The zero-order valence-corrected chi connectivity index (χ0v) is 16.9. The van der Waals surface area contributed by atoms with Gasteiger partial charge in [-0.3, -0.25) is 0 Å². The van der Waals surface area contributed by atoms with Crippen LogP contribution in [0.25, 0.3) is 0 Å². The maximum Gasteiger partial charge on any atom is 0.124 e. The van der Waals surface area contributed by atoms with Crippen LogP contribution in [0.4, 0.5) is 0 Å². The second-order valence-corrected chi connectivity index (χ2v) is 8.78. The molecular weight excluding hydrogens is 360 g/mol. The number of aromatic nitrogens is 2. The molecular formula is C23H30N6. The fourth-order valence-electron chi connectivity index (χ4n) is 5.15. The minimum Gasteiger partial charge on any atom is -0.386 e. The Balaban J connectivity index is 1.46. The fourth-order valence-corrected chi connectivity index (χ4v) is 5.15. The molecule has 5 N–H and O–H groups in total. The molecule has 0 aromatic carbocycles. The van der Waals surface area contributed by atoms with E-state index in [1.54, 1.807) is 0 Å². The highest BCUT2D eigenvalue weighted by Crippen LogP contribution is 2.53. The number of aromatic amines is 1. The molecule has 5 rings (SSSR count). The zero-order chi connectivity index (χ0) is 19.8. The summed E-state index contributed by atoms with van der Waals surface area (Å²) in [5.74, 6) is 9.50. The van der Waals surface area contributed by atoms with Crippen LogP contribution >= 0.6 is 0 Å². The van der Waals surface area contributed by atoms with Crippen LogP contribution in [0.2, 0.25) is 0 Å². The number of imidazole rings is 1. The molecule has 1 aromatic rings. The van der Waals surface area contributed by atoms with E-state index in [2.05, 4.69) is 39.0 Å². The average molecular weight is 391 g/mol. The molecule has 0 amide bonds. The lowest BCUT2D eigenvalue weighted by atomic mass is 9.74. The first kappa shape index (κ1) is 18.7. The molecule has 0 bridgehead atoms. The monoisotopic (exact) mass is 390 g/mol. The first-order valence-corrected chi connectivity index (χ1v) is 11.0. The number of nitrogens with two attached hydrogens (primary N) is 1. The Morgan fingerprint density at radius 1 is 1.17 bits per heavy atom. The first-order valence-electron chi connectivity index (χ1n) is 11.0. The van der Waals surface area contributed by atoms with Crippen molar-refractivity contribution in [1.29, 1.82) is 0 Å². The minimum atomic E-state index is 0.159. The number of H-pyrrole nitrogens is 1. The molecule has 29 heavy (non-hydrogen) atoms. The van der Waals surface area contributed by atoms with Crippen LogP contribution < -0.4 is 16.4 Å². The third-order valence-electron chi connectivity index (χ3n) is 6.89. The average Bonchev–Trinajstić information content (AvgIpc) is 3.48. The molecule has 4 fully saturated rings. The van der Waals surface area contributed by atoms with Crippen molar-refractivity contribution < 1.29 is 0 Å². The molecule has 0 spiro atoms. The molecule has 152 valence electrons. The second-order valence-electron chi connectivity index (χ2n) is 8.78. The SMILES string of the molecule is C=C1CC2CCC2/C1=C(C#Cc1cnc([C@@H]2CCCN2)[nH]1)/N=C(\N)[C@@H]1CCCN1. The number of rotatable bonds is 3. The van der Waals surface area contributed by atoms with Crippen molar-refractivity contribution >= 4 is 5.84 Å². The van der Waals surface area contributed by atoms with E-state index in [1.165, 1.54) is 30.4 Å².